The van der Waals surface area contributed by atoms with Gasteiger partial charge in [0.2, 0.25) is 0 Å². The minimum absolute atomic E-state index is 0.0412. The molecule has 2 rings (SSSR count). The molecule has 1 aromatic carbocycles. The second kappa shape index (κ2) is 5.33. The molecular weight excluding hydrogens is 349 g/mol. The molecule has 0 aliphatic carbocycles. The molecule has 4 heteroatoms. The summed E-state index contributed by atoms with van der Waals surface area (Å²) < 4.78 is 7.09. The fourth-order valence-corrected chi connectivity index (χ4v) is 3.14. The van der Waals surface area contributed by atoms with Crippen molar-refractivity contribution in [1.82, 2.24) is 0 Å². The molecule has 0 aromatic heterocycles. The zero-order chi connectivity index (χ0) is 12.5. The van der Waals surface area contributed by atoms with Gasteiger partial charge in [-0.3, -0.25) is 0 Å². The Morgan fingerprint density at radius 1 is 1.53 bits per heavy atom. The number of rotatable bonds is 3. The molecule has 17 heavy (non-hydrogen) atoms. The molecule has 1 heterocycles. The number of halogens is 2. The number of nitrogens with one attached hydrogen (secondary N) is 1. The lowest BCUT2D eigenvalue weighted by molar-refractivity contribution is -0.00911. The normalized spacial score (nSPS) is 22.7. The van der Waals surface area contributed by atoms with E-state index in [1.807, 2.05) is 18.2 Å². The summed E-state index contributed by atoms with van der Waals surface area (Å²) in [6.45, 7) is 5.17. The van der Waals surface area contributed by atoms with Crippen LogP contribution in [0, 0.1) is 3.57 Å². The van der Waals surface area contributed by atoms with Crippen LogP contribution in [-0.2, 0) is 4.74 Å². The maximum atomic E-state index is 5.94. The number of ether oxygens (including phenoxy) is 1. The van der Waals surface area contributed by atoms with E-state index in [9.17, 15) is 0 Å². The molecule has 1 atom stereocenters. The van der Waals surface area contributed by atoms with Gasteiger partial charge in [0.25, 0.3) is 0 Å². The van der Waals surface area contributed by atoms with Crippen molar-refractivity contribution in [3.63, 3.8) is 0 Å². The van der Waals surface area contributed by atoms with E-state index in [0.717, 1.165) is 33.7 Å². The topological polar surface area (TPSA) is 21.3 Å². The molecule has 94 valence electrons. The molecule has 1 N–H and O–H groups in total. The highest BCUT2D eigenvalue weighted by Gasteiger charge is 2.31. The van der Waals surface area contributed by atoms with Gasteiger partial charge in [-0.15, -0.1) is 0 Å². The zero-order valence-electron chi connectivity index (χ0n) is 10.1. The highest BCUT2D eigenvalue weighted by atomic mass is 127. The molecule has 1 fully saturated rings. The van der Waals surface area contributed by atoms with Crippen LogP contribution in [0.1, 0.15) is 26.7 Å². The first-order valence-electron chi connectivity index (χ1n) is 5.83. The standard InChI is InChI=1S/C13H17ClINO/c1-13(2)6-5-10(17-13)8-16-12-4-3-9(14)7-11(12)15/h3-4,7,10,16H,5-6,8H2,1-2H3. The Labute approximate surface area is 121 Å². The molecule has 1 aliphatic heterocycles. The molecule has 0 radical (unpaired) electrons. The SMILES string of the molecule is CC1(C)CCC(CNc2ccc(Cl)cc2I)O1. The van der Waals surface area contributed by atoms with Gasteiger partial charge in [0.05, 0.1) is 11.7 Å². The van der Waals surface area contributed by atoms with Crippen LogP contribution in [0.5, 0.6) is 0 Å². The Hall–Kier alpha value is -0.0000000000000000763. The van der Waals surface area contributed by atoms with Crippen LogP contribution >= 0.6 is 34.2 Å². The number of hydrogen-bond acceptors (Lipinski definition) is 2. The summed E-state index contributed by atoms with van der Waals surface area (Å²) in [6.07, 6.45) is 2.58. The smallest absolute Gasteiger partial charge is 0.0755 e. The molecule has 0 spiro atoms. The van der Waals surface area contributed by atoms with Crippen LogP contribution in [0.25, 0.3) is 0 Å². The molecule has 1 aromatic rings. The summed E-state index contributed by atoms with van der Waals surface area (Å²) in [7, 11) is 0. The van der Waals surface area contributed by atoms with Crippen LogP contribution in [0.3, 0.4) is 0 Å². The van der Waals surface area contributed by atoms with Crippen molar-refractivity contribution in [2.24, 2.45) is 0 Å². The second-order valence-corrected chi connectivity index (χ2v) is 6.64. The predicted molar refractivity (Wildman–Crippen MR) is 80.8 cm³/mol. The van der Waals surface area contributed by atoms with Gasteiger partial charge in [-0.05, 0) is 67.5 Å². The fourth-order valence-electron chi connectivity index (χ4n) is 2.08. The Morgan fingerprint density at radius 2 is 2.29 bits per heavy atom. The van der Waals surface area contributed by atoms with Crippen molar-refractivity contribution in [3.8, 4) is 0 Å². The average molecular weight is 366 g/mol. The van der Waals surface area contributed by atoms with E-state index in [-0.39, 0.29) is 5.60 Å². The Bertz CT molecular complexity index is 408. The molecule has 1 saturated heterocycles. The van der Waals surface area contributed by atoms with Crippen LogP contribution in [0.15, 0.2) is 18.2 Å². The van der Waals surface area contributed by atoms with Crippen LogP contribution < -0.4 is 5.32 Å². The zero-order valence-corrected chi connectivity index (χ0v) is 13.0. The van der Waals surface area contributed by atoms with Gasteiger partial charge in [0, 0.05) is 20.8 Å². The second-order valence-electron chi connectivity index (χ2n) is 5.04. The van der Waals surface area contributed by atoms with Crippen LogP contribution in [0.4, 0.5) is 5.69 Å². The van der Waals surface area contributed by atoms with E-state index in [4.69, 9.17) is 16.3 Å². The van der Waals surface area contributed by atoms with Gasteiger partial charge in [-0.1, -0.05) is 11.6 Å². The number of hydrogen-bond donors (Lipinski definition) is 1. The first-order chi connectivity index (χ1) is 7.96. The van der Waals surface area contributed by atoms with Crippen LogP contribution in [0.2, 0.25) is 5.02 Å². The summed E-state index contributed by atoms with van der Waals surface area (Å²) in [5, 5.41) is 4.20. The summed E-state index contributed by atoms with van der Waals surface area (Å²) in [4.78, 5) is 0. The minimum atomic E-state index is 0.0412. The van der Waals surface area contributed by atoms with E-state index in [0.29, 0.717) is 6.10 Å². The highest BCUT2D eigenvalue weighted by molar-refractivity contribution is 14.1. The molecular formula is C13H17ClINO. The van der Waals surface area contributed by atoms with Gasteiger partial charge in [-0.2, -0.15) is 0 Å². The maximum Gasteiger partial charge on any atom is 0.0755 e. The molecule has 1 unspecified atom stereocenters. The van der Waals surface area contributed by atoms with Crippen molar-refractivity contribution < 1.29 is 4.74 Å². The van der Waals surface area contributed by atoms with Gasteiger partial charge >= 0.3 is 0 Å². The molecule has 0 amide bonds. The first kappa shape index (κ1) is 13.4. The third-order valence-electron chi connectivity index (χ3n) is 3.01. The monoisotopic (exact) mass is 365 g/mol. The lowest BCUT2D eigenvalue weighted by Gasteiger charge is -2.20. The third kappa shape index (κ3) is 3.73. The Morgan fingerprint density at radius 3 is 2.88 bits per heavy atom. The van der Waals surface area contributed by atoms with E-state index in [1.165, 1.54) is 0 Å². The van der Waals surface area contributed by atoms with Crippen molar-refractivity contribution in [2.45, 2.75) is 38.4 Å². The lowest BCUT2D eigenvalue weighted by Crippen LogP contribution is -2.25. The van der Waals surface area contributed by atoms with Gasteiger partial charge in [-0.25, -0.2) is 0 Å². The quantitative estimate of drug-likeness (QED) is 0.806. The molecule has 2 nitrogen and oxygen atoms in total. The van der Waals surface area contributed by atoms with Crippen molar-refractivity contribution in [3.05, 3.63) is 26.8 Å². The van der Waals surface area contributed by atoms with E-state index in [2.05, 4.69) is 41.8 Å². The fraction of sp³-hybridized carbons (Fsp3) is 0.538. The number of benzene rings is 1. The van der Waals surface area contributed by atoms with E-state index >= 15 is 0 Å². The van der Waals surface area contributed by atoms with Gasteiger partial charge < -0.3 is 10.1 Å². The van der Waals surface area contributed by atoms with Crippen LogP contribution in [-0.4, -0.2) is 18.2 Å². The summed E-state index contributed by atoms with van der Waals surface area (Å²) in [5.41, 5.74) is 1.17. The summed E-state index contributed by atoms with van der Waals surface area (Å²) in [5.74, 6) is 0. The van der Waals surface area contributed by atoms with Gasteiger partial charge in [0.15, 0.2) is 0 Å². The van der Waals surface area contributed by atoms with E-state index < -0.39 is 0 Å². The highest BCUT2D eigenvalue weighted by Crippen LogP contribution is 2.30. The molecule has 1 aliphatic rings. The van der Waals surface area contributed by atoms with Gasteiger partial charge in [0.1, 0.15) is 0 Å². The Balaban J connectivity index is 1.90. The first-order valence-corrected chi connectivity index (χ1v) is 7.29. The molecule has 0 saturated carbocycles. The third-order valence-corrected chi connectivity index (χ3v) is 4.13. The summed E-state index contributed by atoms with van der Waals surface area (Å²) in [6, 6.07) is 5.89. The molecule has 0 bridgehead atoms. The van der Waals surface area contributed by atoms with E-state index in [1.54, 1.807) is 0 Å². The van der Waals surface area contributed by atoms with Crippen molar-refractivity contribution in [1.29, 1.82) is 0 Å². The Kier molecular flexibility index (Phi) is 4.21. The van der Waals surface area contributed by atoms with Crippen molar-refractivity contribution in [2.75, 3.05) is 11.9 Å². The lowest BCUT2D eigenvalue weighted by atomic mass is 10.1. The minimum Gasteiger partial charge on any atom is -0.382 e. The average Bonchev–Trinajstić information content (AvgIpc) is 2.57. The maximum absolute atomic E-state index is 5.94. The largest absolute Gasteiger partial charge is 0.382 e. The predicted octanol–water partition coefficient (Wildman–Crippen LogP) is 4.31. The van der Waals surface area contributed by atoms with Crippen molar-refractivity contribution >= 4 is 39.9 Å². The number of anilines is 1. The summed E-state index contributed by atoms with van der Waals surface area (Å²) >= 11 is 8.22.